The van der Waals surface area contributed by atoms with Crippen LogP contribution in [0.4, 0.5) is 0 Å². The maximum absolute atomic E-state index is 12.4. The summed E-state index contributed by atoms with van der Waals surface area (Å²) in [6, 6.07) is 4.07. The van der Waals surface area contributed by atoms with Crippen LogP contribution < -0.4 is 0 Å². The molecule has 0 heterocycles. The van der Waals surface area contributed by atoms with Gasteiger partial charge in [0.1, 0.15) is 11.5 Å². The Morgan fingerprint density at radius 2 is 1.91 bits per heavy atom. The van der Waals surface area contributed by atoms with E-state index >= 15 is 0 Å². The van der Waals surface area contributed by atoms with Crippen molar-refractivity contribution in [3.05, 3.63) is 34.9 Å². The average Bonchev–Trinajstić information content (AvgIpc) is 2.43. The van der Waals surface area contributed by atoms with Crippen LogP contribution in [0.3, 0.4) is 0 Å². The Morgan fingerprint density at radius 1 is 1.23 bits per heavy atom. The first-order valence-electron chi connectivity index (χ1n) is 8.27. The molecule has 1 N–H and O–H groups in total. The lowest BCUT2D eigenvalue weighted by Crippen LogP contribution is -2.50. The van der Waals surface area contributed by atoms with Gasteiger partial charge in [-0.1, -0.05) is 46.8 Å². The Hall–Kier alpha value is -1.57. The summed E-state index contributed by atoms with van der Waals surface area (Å²) in [5.41, 5.74) is 2.98. The van der Waals surface area contributed by atoms with Crippen molar-refractivity contribution in [2.75, 3.05) is 0 Å². The van der Waals surface area contributed by atoms with Gasteiger partial charge in [0.05, 0.1) is 0 Å². The van der Waals surface area contributed by atoms with Gasteiger partial charge >= 0.3 is 0 Å². The van der Waals surface area contributed by atoms with Crippen molar-refractivity contribution in [2.24, 2.45) is 11.3 Å². The second-order valence-corrected chi connectivity index (χ2v) is 8.05. The van der Waals surface area contributed by atoms with Crippen LogP contribution in [-0.2, 0) is 10.2 Å². The van der Waals surface area contributed by atoms with Crippen LogP contribution in [0.1, 0.15) is 70.1 Å². The van der Waals surface area contributed by atoms with Gasteiger partial charge < -0.3 is 5.11 Å². The Kier molecular flexibility index (Phi) is 3.28. The molecule has 2 nitrogen and oxygen atoms in total. The molecule has 0 amide bonds. The smallest absolute Gasteiger partial charge is 0.139 e. The van der Waals surface area contributed by atoms with Gasteiger partial charge in [-0.15, -0.1) is 0 Å². The minimum Gasteiger partial charge on any atom is -0.508 e. The molecule has 1 aromatic carbocycles. The second-order valence-electron chi connectivity index (χ2n) is 8.05. The third-order valence-corrected chi connectivity index (χ3v) is 5.96. The molecule has 1 fully saturated rings. The summed E-state index contributed by atoms with van der Waals surface area (Å²) >= 11 is 0. The number of aromatic hydroxyl groups is 1. The molecule has 3 rings (SSSR count). The highest BCUT2D eigenvalue weighted by Crippen LogP contribution is 2.55. The third-order valence-electron chi connectivity index (χ3n) is 5.96. The van der Waals surface area contributed by atoms with Crippen molar-refractivity contribution >= 4 is 11.9 Å². The molecule has 2 aliphatic carbocycles. The number of carbonyl (C=O) groups is 1. The Bertz CT molecular complexity index is 667. The molecule has 0 aliphatic heterocycles. The number of phenols is 1. The summed E-state index contributed by atoms with van der Waals surface area (Å²) in [4.78, 5) is 12.4. The normalized spacial score (nSPS) is 29.4. The lowest BCUT2D eigenvalue weighted by Gasteiger charge is -2.51. The number of fused-ring (bicyclic) bond motifs is 3. The molecule has 1 aromatic rings. The van der Waals surface area contributed by atoms with Gasteiger partial charge in [0.15, 0.2) is 0 Å². The van der Waals surface area contributed by atoms with E-state index in [1.807, 2.05) is 6.07 Å². The maximum Gasteiger partial charge on any atom is 0.139 e. The number of hydrogen-bond donors (Lipinski definition) is 1. The van der Waals surface area contributed by atoms with E-state index in [9.17, 15) is 9.90 Å². The summed E-state index contributed by atoms with van der Waals surface area (Å²) in [5, 5.41) is 10.4. The molecule has 2 heteroatoms. The minimum atomic E-state index is -0.340. The number of hydrogen-bond acceptors (Lipinski definition) is 2. The van der Waals surface area contributed by atoms with Crippen molar-refractivity contribution in [1.29, 1.82) is 0 Å². The van der Waals surface area contributed by atoms with Crippen molar-refractivity contribution in [1.82, 2.24) is 0 Å². The topological polar surface area (TPSA) is 37.3 Å². The molecule has 1 saturated carbocycles. The summed E-state index contributed by atoms with van der Waals surface area (Å²) in [6.07, 6.45) is 5.85. The molecule has 0 radical (unpaired) electrons. The van der Waals surface area contributed by atoms with E-state index in [4.69, 9.17) is 0 Å². The van der Waals surface area contributed by atoms with Crippen LogP contribution in [0.5, 0.6) is 5.75 Å². The van der Waals surface area contributed by atoms with Gasteiger partial charge in [-0.05, 0) is 47.1 Å². The lowest BCUT2D eigenvalue weighted by atomic mass is 9.52. The number of benzene rings is 1. The lowest BCUT2D eigenvalue weighted by molar-refractivity contribution is -0.134. The summed E-state index contributed by atoms with van der Waals surface area (Å²) in [6.45, 7) is 10.6. The quantitative estimate of drug-likeness (QED) is 0.808. The number of phenolic OH excluding ortho intramolecular Hbond substituents is 1. The Balaban J connectivity index is 2.18. The molecule has 22 heavy (non-hydrogen) atoms. The van der Waals surface area contributed by atoms with Crippen LogP contribution in [0.25, 0.3) is 6.08 Å². The summed E-state index contributed by atoms with van der Waals surface area (Å²) < 4.78 is 0. The molecule has 2 aliphatic rings. The van der Waals surface area contributed by atoms with Gasteiger partial charge in [0.25, 0.3) is 0 Å². The SMILES string of the molecule is CC(C)c1cc2c(cc1O)[C@@]1(C)CCC(=O)C(C)(C)[C@@H]1C=C2. The monoisotopic (exact) mass is 298 g/mol. The highest BCUT2D eigenvalue weighted by atomic mass is 16.3. The average molecular weight is 298 g/mol. The molecular formula is C20H26O2. The number of carbonyl (C=O) groups excluding carboxylic acids is 1. The van der Waals surface area contributed by atoms with E-state index in [-0.39, 0.29) is 16.7 Å². The van der Waals surface area contributed by atoms with Crippen LogP contribution in [0.15, 0.2) is 18.2 Å². The summed E-state index contributed by atoms with van der Waals surface area (Å²) in [7, 11) is 0. The van der Waals surface area contributed by atoms with E-state index in [1.54, 1.807) is 0 Å². The maximum atomic E-state index is 12.4. The number of rotatable bonds is 1. The standard InChI is InChI=1S/C20H26O2/c1-12(2)14-10-13-6-7-17-19(3,4)18(22)8-9-20(17,5)15(13)11-16(14)21/h6-7,10-12,17,21H,8-9H2,1-5H3/t17-,20+/m0/s1. The van der Waals surface area contributed by atoms with Crippen molar-refractivity contribution in [2.45, 2.75) is 58.8 Å². The predicted molar refractivity (Wildman–Crippen MR) is 90.1 cm³/mol. The van der Waals surface area contributed by atoms with E-state index in [0.717, 1.165) is 12.0 Å². The molecular weight excluding hydrogens is 272 g/mol. The molecule has 0 spiro atoms. The summed E-state index contributed by atoms with van der Waals surface area (Å²) in [5.74, 6) is 1.23. The Labute approximate surface area is 133 Å². The predicted octanol–water partition coefficient (Wildman–Crippen LogP) is 4.81. The van der Waals surface area contributed by atoms with Gasteiger partial charge in [-0.3, -0.25) is 4.79 Å². The zero-order valence-corrected chi connectivity index (χ0v) is 14.2. The number of Topliss-reactive ketones (excluding diaryl/α,β-unsaturated/α-hetero) is 1. The highest BCUT2D eigenvalue weighted by molar-refractivity contribution is 5.87. The first-order valence-corrected chi connectivity index (χ1v) is 8.27. The molecule has 0 saturated heterocycles. The zero-order chi connectivity index (χ0) is 16.3. The third kappa shape index (κ3) is 1.96. The highest BCUT2D eigenvalue weighted by Gasteiger charge is 2.52. The van der Waals surface area contributed by atoms with E-state index < -0.39 is 0 Å². The fraction of sp³-hybridized carbons (Fsp3) is 0.550. The minimum absolute atomic E-state index is 0.0749. The fourth-order valence-corrected chi connectivity index (χ4v) is 4.49. The van der Waals surface area contributed by atoms with E-state index in [1.165, 1.54) is 11.1 Å². The van der Waals surface area contributed by atoms with Gasteiger partial charge in [-0.25, -0.2) is 0 Å². The van der Waals surface area contributed by atoms with Gasteiger partial charge in [-0.2, -0.15) is 0 Å². The van der Waals surface area contributed by atoms with Crippen molar-refractivity contribution in [3.63, 3.8) is 0 Å². The first-order chi connectivity index (χ1) is 10.2. The van der Waals surface area contributed by atoms with Crippen molar-refractivity contribution in [3.8, 4) is 5.75 Å². The van der Waals surface area contributed by atoms with E-state index in [0.29, 0.717) is 23.9 Å². The molecule has 0 aromatic heterocycles. The van der Waals surface area contributed by atoms with Gasteiger partial charge in [0, 0.05) is 17.3 Å². The largest absolute Gasteiger partial charge is 0.508 e. The molecule has 118 valence electrons. The number of ketones is 1. The second kappa shape index (κ2) is 4.71. The van der Waals surface area contributed by atoms with Crippen LogP contribution in [0.2, 0.25) is 0 Å². The Morgan fingerprint density at radius 3 is 2.55 bits per heavy atom. The molecule has 0 unspecified atom stereocenters. The molecule has 0 bridgehead atoms. The van der Waals surface area contributed by atoms with Crippen LogP contribution >= 0.6 is 0 Å². The first kappa shape index (κ1) is 15.3. The fourth-order valence-electron chi connectivity index (χ4n) is 4.49. The number of allylic oxidation sites excluding steroid dienone is 1. The van der Waals surface area contributed by atoms with Crippen molar-refractivity contribution < 1.29 is 9.90 Å². The van der Waals surface area contributed by atoms with Gasteiger partial charge in [0.2, 0.25) is 0 Å². The van der Waals surface area contributed by atoms with E-state index in [2.05, 4.69) is 52.8 Å². The van der Waals surface area contributed by atoms with Crippen LogP contribution in [-0.4, -0.2) is 10.9 Å². The zero-order valence-electron chi connectivity index (χ0n) is 14.2. The molecule has 2 atom stereocenters. The van der Waals surface area contributed by atoms with Crippen LogP contribution in [0, 0.1) is 11.3 Å².